The lowest BCUT2D eigenvalue weighted by atomic mass is 10.0. The Morgan fingerprint density at radius 1 is 0.774 bits per heavy atom. The average molecular weight is 769 g/mol. The molecule has 1 heterocycles. The fourth-order valence-electron chi connectivity index (χ4n) is 6.24. The zero-order chi connectivity index (χ0) is 39.0. The summed E-state index contributed by atoms with van der Waals surface area (Å²) < 4.78 is 29.0. The molecule has 0 saturated carbocycles. The summed E-state index contributed by atoms with van der Waals surface area (Å²) >= 11 is 0. The van der Waals surface area contributed by atoms with Gasteiger partial charge in [0.15, 0.2) is 0 Å². The van der Waals surface area contributed by atoms with E-state index in [9.17, 15) is 19.4 Å². The van der Waals surface area contributed by atoms with Crippen molar-refractivity contribution in [1.29, 1.82) is 0 Å². The van der Waals surface area contributed by atoms with E-state index in [1.807, 2.05) is 21.1 Å². The number of amides is 1. The molecule has 1 aliphatic heterocycles. The van der Waals surface area contributed by atoms with Gasteiger partial charge in [-0.1, -0.05) is 147 Å². The zero-order valence-electron chi connectivity index (χ0n) is 34.7. The first-order valence-electron chi connectivity index (χ1n) is 21.5. The minimum atomic E-state index is -4.58. The van der Waals surface area contributed by atoms with Crippen molar-refractivity contribution in [2.75, 3.05) is 40.9 Å². The molecule has 0 aromatic carbocycles. The zero-order valence-corrected chi connectivity index (χ0v) is 35.6. The number of likely N-dealkylation sites (N-methyl/N-ethyl adjacent to an activating group) is 1. The third-order valence-corrected chi connectivity index (χ3v) is 10.8. The first-order valence-corrected chi connectivity index (χ1v) is 22.9. The summed E-state index contributed by atoms with van der Waals surface area (Å²) in [5.41, 5.74) is 0. The van der Waals surface area contributed by atoms with Gasteiger partial charge >= 0.3 is 0 Å². The van der Waals surface area contributed by atoms with Crippen molar-refractivity contribution < 1.29 is 37.6 Å². The van der Waals surface area contributed by atoms with E-state index < -0.39 is 20.0 Å². The minimum absolute atomic E-state index is 0.00296. The summed E-state index contributed by atoms with van der Waals surface area (Å²) in [5.74, 6) is -0.227. The van der Waals surface area contributed by atoms with Crippen molar-refractivity contribution in [3.8, 4) is 0 Å². The van der Waals surface area contributed by atoms with Crippen molar-refractivity contribution in [2.24, 2.45) is 0 Å². The largest absolute Gasteiger partial charge is 0.756 e. The number of phosphoric ester groups is 1. The topological polar surface area (TPSA) is 120 Å². The number of hydrogen-bond acceptors (Lipinski definition) is 7. The van der Waals surface area contributed by atoms with Gasteiger partial charge in [0.1, 0.15) is 13.2 Å². The molecule has 3 unspecified atom stereocenters. The molecule has 1 fully saturated rings. The van der Waals surface area contributed by atoms with Crippen LogP contribution in [0.3, 0.4) is 0 Å². The predicted octanol–water partition coefficient (Wildman–Crippen LogP) is 9.88. The van der Waals surface area contributed by atoms with Gasteiger partial charge in [0, 0.05) is 6.42 Å². The molecule has 5 atom stereocenters. The third-order valence-electron chi connectivity index (χ3n) is 9.81. The van der Waals surface area contributed by atoms with Gasteiger partial charge < -0.3 is 33.6 Å². The molecule has 1 saturated heterocycles. The molecule has 310 valence electrons. The molecule has 0 spiro atoms. The van der Waals surface area contributed by atoms with Crippen LogP contribution in [0, 0.1) is 0 Å². The molecule has 53 heavy (non-hydrogen) atoms. The van der Waals surface area contributed by atoms with Crippen LogP contribution in [0.15, 0.2) is 36.5 Å². The maximum Gasteiger partial charge on any atom is 0.268 e. The normalized spacial score (nSPS) is 18.6. The number of ether oxygens (including phenoxy) is 1. The van der Waals surface area contributed by atoms with Gasteiger partial charge in [-0.15, -0.1) is 0 Å². The summed E-state index contributed by atoms with van der Waals surface area (Å²) in [6.45, 7) is 4.61. The molecule has 10 heteroatoms. The van der Waals surface area contributed by atoms with Crippen LogP contribution >= 0.6 is 7.82 Å². The maximum absolute atomic E-state index is 12.9. The number of aliphatic hydroxyl groups excluding tert-OH is 1. The number of phosphoric acid groups is 1. The van der Waals surface area contributed by atoms with E-state index in [4.69, 9.17) is 13.8 Å². The molecule has 0 aliphatic carbocycles. The lowest BCUT2D eigenvalue weighted by Gasteiger charge is -2.30. The van der Waals surface area contributed by atoms with Crippen LogP contribution in [0.25, 0.3) is 0 Å². The quantitative estimate of drug-likeness (QED) is 0.0212. The number of carbonyl (C=O) groups excluding carboxylic acids is 1. The summed E-state index contributed by atoms with van der Waals surface area (Å²) in [6.07, 6.45) is 38.7. The molecule has 0 bridgehead atoms. The highest BCUT2D eigenvalue weighted by atomic mass is 31.2. The lowest BCUT2D eigenvalue weighted by molar-refractivity contribution is -0.870. The van der Waals surface area contributed by atoms with E-state index in [2.05, 4.69) is 55.6 Å². The standard InChI is InChI=1S/C43H81N2O7P/c1-6-8-10-12-14-16-18-20-21-23-25-27-29-32-40(46)39(38-51-53(48,49)50-37-36-45(3,4)5)44-43(47)35-31-34-42-41(52-42)33-30-28-26-24-22-19-17-15-13-11-9-7-2/h15,17,22,24,28,30,39-42,46H,6-14,16,18-21,23,25-27,29,31-38H2,1-5H3,(H-,44,47,48,49)/b17-15-,24-22-,30-28-/t39-,40+,41?,42?/m0/s1. The number of nitrogens with one attached hydrogen (secondary N) is 1. The molecule has 1 aliphatic rings. The highest BCUT2D eigenvalue weighted by Gasteiger charge is 2.36. The minimum Gasteiger partial charge on any atom is -0.756 e. The fourth-order valence-corrected chi connectivity index (χ4v) is 6.97. The second-order valence-electron chi connectivity index (χ2n) is 16.1. The smallest absolute Gasteiger partial charge is 0.268 e. The highest BCUT2D eigenvalue weighted by molar-refractivity contribution is 7.45. The Morgan fingerprint density at radius 2 is 1.32 bits per heavy atom. The second kappa shape index (κ2) is 31.8. The number of nitrogens with zero attached hydrogens (tertiary/aromatic N) is 1. The first kappa shape index (κ1) is 49.7. The van der Waals surface area contributed by atoms with E-state index in [1.54, 1.807) is 0 Å². The number of allylic oxidation sites excluding steroid dienone is 5. The van der Waals surface area contributed by atoms with Crippen molar-refractivity contribution in [3.05, 3.63) is 36.5 Å². The van der Waals surface area contributed by atoms with Crippen LogP contribution in [0.1, 0.15) is 168 Å². The molecule has 0 radical (unpaired) electrons. The average Bonchev–Trinajstić information content (AvgIpc) is 3.86. The second-order valence-corrected chi connectivity index (χ2v) is 17.5. The van der Waals surface area contributed by atoms with E-state index in [0.29, 0.717) is 23.9 Å². The van der Waals surface area contributed by atoms with Gasteiger partial charge in [-0.3, -0.25) is 9.36 Å². The maximum atomic E-state index is 12.9. The summed E-state index contributed by atoms with van der Waals surface area (Å²) in [7, 11) is 1.25. The predicted molar refractivity (Wildman–Crippen MR) is 219 cm³/mol. The molecule has 9 nitrogen and oxygen atoms in total. The van der Waals surface area contributed by atoms with Crippen molar-refractivity contribution in [3.63, 3.8) is 0 Å². The molecule has 0 aromatic rings. The number of carbonyl (C=O) groups is 1. The van der Waals surface area contributed by atoms with E-state index >= 15 is 0 Å². The lowest BCUT2D eigenvalue weighted by Crippen LogP contribution is -2.46. The Balaban J connectivity index is 2.38. The van der Waals surface area contributed by atoms with Crippen LogP contribution in [0.2, 0.25) is 0 Å². The first-order chi connectivity index (χ1) is 25.5. The van der Waals surface area contributed by atoms with Gasteiger partial charge in [-0.05, 0) is 51.4 Å². The number of hydrogen-bond donors (Lipinski definition) is 2. The Labute approximate surface area is 325 Å². The van der Waals surface area contributed by atoms with Gasteiger partial charge in [-0.25, -0.2) is 0 Å². The van der Waals surface area contributed by atoms with Crippen molar-refractivity contribution in [1.82, 2.24) is 5.32 Å². The van der Waals surface area contributed by atoms with Crippen LogP contribution in [0.5, 0.6) is 0 Å². The fraction of sp³-hybridized carbons (Fsp3) is 0.837. The molecule has 1 amide bonds. The Hall–Kier alpha value is -1.32. The number of unbranched alkanes of at least 4 members (excludes halogenated alkanes) is 15. The van der Waals surface area contributed by atoms with Crippen molar-refractivity contribution >= 4 is 13.7 Å². The van der Waals surface area contributed by atoms with Gasteiger partial charge in [0.2, 0.25) is 5.91 Å². The molecule has 1 rings (SSSR count). The third kappa shape index (κ3) is 31.6. The number of rotatable bonds is 37. The molecule has 2 N–H and O–H groups in total. The number of epoxide rings is 1. The van der Waals surface area contributed by atoms with Crippen LogP contribution in [0.4, 0.5) is 0 Å². The number of aliphatic hydroxyl groups is 1. The van der Waals surface area contributed by atoms with E-state index in [0.717, 1.165) is 44.9 Å². The van der Waals surface area contributed by atoms with Gasteiger partial charge in [-0.2, -0.15) is 0 Å². The SMILES string of the molecule is CCCCC/C=C\C/C=C\C/C=C\CC1OC1CCCC(=O)N[C@@H](COP(=O)([O-])OCC[N+](C)(C)C)[C@H](O)CCCCCCCCCCCCCCC. The summed E-state index contributed by atoms with van der Waals surface area (Å²) in [6, 6.07) is -0.838. The van der Waals surface area contributed by atoms with E-state index in [1.165, 1.54) is 89.9 Å². The monoisotopic (exact) mass is 769 g/mol. The summed E-state index contributed by atoms with van der Waals surface area (Å²) in [5, 5.41) is 13.9. The summed E-state index contributed by atoms with van der Waals surface area (Å²) in [4.78, 5) is 25.4. The van der Waals surface area contributed by atoms with E-state index in [-0.39, 0.29) is 37.7 Å². The van der Waals surface area contributed by atoms with Crippen LogP contribution in [-0.2, 0) is 23.1 Å². The molecular formula is C43H81N2O7P. The highest BCUT2D eigenvalue weighted by Crippen LogP contribution is 2.38. The Morgan fingerprint density at radius 3 is 1.92 bits per heavy atom. The molecule has 0 aromatic heterocycles. The Bertz CT molecular complexity index is 1030. The molecular weight excluding hydrogens is 687 g/mol. The van der Waals surface area contributed by atoms with Gasteiger partial charge in [0.25, 0.3) is 7.82 Å². The Kier molecular flexibility index (Phi) is 29.9. The van der Waals surface area contributed by atoms with Crippen LogP contribution in [-0.4, -0.2) is 80.8 Å². The van der Waals surface area contributed by atoms with Gasteiger partial charge in [0.05, 0.1) is 52.1 Å². The van der Waals surface area contributed by atoms with Crippen molar-refractivity contribution in [2.45, 2.75) is 192 Å². The van der Waals surface area contributed by atoms with Crippen LogP contribution < -0.4 is 10.2 Å². The number of quaternary nitrogens is 1.